The maximum atomic E-state index is 10.4. The molecule has 14 atom stereocenters. The Kier molecular flexibility index (Phi) is 9.38. The first-order chi connectivity index (χ1) is 15.6. The lowest BCUT2D eigenvalue weighted by atomic mass is 9.81. The minimum Gasteiger partial charge on any atom is -0.396 e. The van der Waals surface area contributed by atoms with E-state index in [9.17, 15) is 35.7 Å². The Morgan fingerprint density at radius 3 is 1.97 bits per heavy atom. The molecule has 0 aromatic heterocycles. The molecule has 3 aliphatic rings. The lowest BCUT2D eigenvalue weighted by molar-refractivity contribution is -0.292. The molecule has 2 saturated heterocycles. The monoisotopic (exact) mass is 483 g/mol. The molecule has 2 heterocycles. The number of ether oxygens (including phenoxy) is 4. The van der Waals surface area contributed by atoms with Gasteiger partial charge in [0.25, 0.3) is 0 Å². The van der Waals surface area contributed by atoms with Crippen LogP contribution >= 0.6 is 0 Å². The average Bonchev–Trinajstić information content (AvgIpc) is 2.80. The Labute approximate surface area is 190 Å². The zero-order chi connectivity index (χ0) is 24.4. The molecular weight excluding hydrogens is 446 g/mol. The highest BCUT2D eigenvalue weighted by Crippen LogP contribution is 2.34. The van der Waals surface area contributed by atoms with Crippen LogP contribution in [0.2, 0.25) is 0 Å². The van der Waals surface area contributed by atoms with E-state index in [1.54, 1.807) is 0 Å². The molecule has 0 radical (unpaired) electrons. The van der Waals surface area contributed by atoms with Crippen LogP contribution < -0.4 is 17.2 Å². The van der Waals surface area contributed by atoms with E-state index in [1.165, 1.54) is 0 Å². The molecule has 1 aliphatic carbocycles. The summed E-state index contributed by atoms with van der Waals surface area (Å²) in [6.45, 7) is -1.39. The summed E-state index contributed by atoms with van der Waals surface area (Å²) in [6.07, 6.45) is -10.8. The van der Waals surface area contributed by atoms with Crippen molar-refractivity contribution in [2.45, 2.75) is 92.4 Å². The second-order valence-electron chi connectivity index (χ2n) is 8.99. The number of rotatable bonds is 7. The Morgan fingerprint density at radius 1 is 0.697 bits per heavy atom. The third kappa shape index (κ3) is 5.65. The van der Waals surface area contributed by atoms with Gasteiger partial charge in [0.05, 0.1) is 37.5 Å². The van der Waals surface area contributed by atoms with Gasteiger partial charge in [0, 0.05) is 18.6 Å². The molecule has 0 aromatic rings. The van der Waals surface area contributed by atoms with Crippen molar-refractivity contribution in [1.82, 2.24) is 0 Å². The SMILES string of the molecule is NC1[C@H](O[C@H]2CC(N)[C@H](O[C@@H]3C(CO)O[C@@H](O)C(N)[C@H]3O)CC2CO)OC(CO)[C@@H](O)[C@@H]1O. The van der Waals surface area contributed by atoms with Crippen molar-refractivity contribution in [3.63, 3.8) is 0 Å². The first-order valence-electron chi connectivity index (χ1n) is 11.1. The third-order valence-electron chi connectivity index (χ3n) is 6.77. The normalized spacial score (nSPS) is 51.5. The van der Waals surface area contributed by atoms with Crippen LogP contribution in [0.1, 0.15) is 12.8 Å². The number of aliphatic hydroxyl groups is 7. The fourth-order valence-electron chi connectivity index (χ4n) is 4.62. The van der Waals surface area contributed by atoms with Gasteiger partial charge < -0.3 is 71.9 Å². The molecule has 0 spiro atoms. The maximum Gasteiger partial charge on any atom is 0.176 e. The summed E-state index contributed by atoms with van der Waals surface area (Å²) in [7, 11) is 0. The molecule has 0 amide bonds. The van der Waals surface area contributed by atoms with Crippen molar-refractivity contribution in [3.8, 4) is 0 Å². The summed E-state index contributed by atoms with van der Waals surface area (Å²) in [5.74, 6) is -0.490. The van der Waals surface area contributed by atoms with Crippen LogP contribution in [0.5, 0.6) is 0 Å². The summed E-state index contributed by atoms with van der Waals surface area (Å²) in [4.78, 5) is 0. The summed E-state index contributed by atoms with van der Waals surface area (Å²) in [5, 5.41) is 69.2. The van der Waals surface area contributed by atoms with Crippen LogP contribution in [0.3, 0.4) is 0 Å². The van der Waals surface area contributed by atoms with Crippen molar-refractivity contribution < 1.29 is 54.7 Å². The van der Waals surface area contributed by atoms with Crippen LogP contribution in [0.25, 0.3) is 0 Å². The molecule has 33 heavy (non-hydrogen) atoms. The summed E-state index contributed by atoms with van der Waals surface area (Å²) in [5.41, 5.74) is 18.0. The molecule has 6 unspecified atom stereocenters. The minimum atomic E-state index is -1.46. The molecule has 0 bridgehead atoms. The van der Waals surface area contributed by atoms with Gasteiger partial charge in [-0.15, -0.1) is 0 Å². The standard InChI is InChI=1S/C19H37N3O11/c20-7-2-8(32-19-13(22)15(27)14(26)10(4-24)33-19)6(3-23)1-9(7)30-17-11(5-25)31-18(29)12(21)16(17)28/h6-19,23-29H,1-5,20-22H2/t6?,7?,8-,9+,10?,11?,12?,13?,14+,15+,16+,17+,18+,19+/m0/s1. The number of aliphatic hydroxyl groups excluding tert-OH is 7. The molecule has 0 aromatic carbocycles. The zero-order valence-corrected chi connectivity index (χ0v) is 18.1. The largest absolute Gasteiger partial charge is 0.396 e. The van der Waals surface area contributed by atoms with Crippen LogP contribution in [0, 0.1) is 5.92 Å². The van der Waals surface area contributed by atoms with Crippen molar-refractivity contribution in [2.75, 3.05) is 19.8 Å². The van der Waals surface area contributed by atoms with Crippen LogP contribution in [0.15, 0.2) is 0 Å². The molecule has 3 fully saturated rings. The molecule has 2 aliphatic heterocycles. The number of hydrogen-bond donors (Lipinski definition) is 10. The van der Waals surface area contributed by atoms with E-state index in [0.29, 0.717) is 0 Å². The van der Waals surface area contributed by atoms with Gasteiger partial charge in [0.15, 0.2) is 12.6 Å². The lowest BCUT2D eigenvalue weighted by Gasteiger charge is -2.47. The third-order valence-corrected chi connectivity index (χ3v) is 6.77. The van der Waals surface area contributed by atoms with Gasteiger partial charge >= 0.3 is 0 Å². The van der Waals surface area contributed by atoms with E-state index in [4.69, 9.17) is 36.1 Å². The highest BCUT2D eigenvalue weighted by Gasteiger charge is 2.48. The fraction of sp³-hybridized carbons (Fsp3) is 1.00. The van der Waals surface area contributed by atoms with E-state index < -0.39 is 98.7 Å². The summed E-state index contributed by atoms with van der Waals surface area (Å²) in [6, 6.07) is -2.87. The lowest BCUT2D eigenvalue weighted by Crippen LogP contribution is -2.65. The molecule has 14 nitrogen and oxygen atoms in total. The molecule has 1 saturated carbocycles. The predicted octanol–water partition coefficient (Wildman–Crippen LogP) is -5.98. The quantitative estimate of drug-likeness (QED) is 0.162. The van der Waals surface area contributed by atoms with Crippen molar-refractivity contribution in [2.24, 2.45) is 23.1 Å². The van der Waals surface area contributed by atoms with Gasteiger partial charge in [-0.1, -0.05) is 0 Å². The Bertz CT molecular complexity index is 618. The van der Waals surface area contributed by atoms with Crippen LogP contribution in [-0.4, -0.2) is 135 Å². The van der Waals surface area contributed by atoms with Gasteiger partial charge in [-0.2, -0.15) is 0 Å². The van der Waals surface area contributed by atoms with Gasteiger partial charge in [-0.3, -0.25) is 0 Å². The molecule has 13 N–H and O–H groups in total. The Morgan fingerprint density at radius 2 is 1.36 bits per heavy atom. The molecular formula is C19H37N3O11. The van der Waals surface area contributed by atoms with Crippen molar-refractivity contribution >= 4 is 0 Å². The minimum absolute atomic E-state index is 0.188. The highest BCUT2D eigenvalue weighted by atomic mass is 16.7. The van der Waals surface area contributed by atoms with Crippen LogP contribution in [0.4, 0.5) is 0 Å². The summed E-state index contributed by atoms with van der Waals surface area (Å²) < 4.78 is 22.6. The molecule has 3 rings (SSSR count). The molecule has 194 valence electrons. The zero-order valence-electron chi connectivity index (χ0n) is 18.1. The molecule has 14 heteroatoms. The fourth-order valence-corrected chi connectivity index (χ4v) is 4.62. The Balaban J connectivity index is 1.66. The number of hydrogen-bond acceptors (Lipinski definition) is 14. The van der Waals surface area contributed by atoms with Gasteiger partial charge in [0.1, 0.15) is 36.6 Å². The van der Waals surface area contributed by atoms with Gasteiger partial charge in [0.2, 0.25) is 0 Å². The average molecular weight is 484 g/mol. The second kappa shape index (κ2) is 11.5. The van der Waals surface area contributed by atoms with E-state index >= 15 is 0 Å². The highest BCUT2D eigenvalue weighted by molar-refractivity contribution is 4.97. The second-order valence-corrected chi connectivity index (χ2v) is 8.99. The van der Waals surface area contributed by atoms with E-state index in [1.807, 2.05) is 0 Å². The maximum absolute atomic E-state index is 10.4. The number of nitrogens with two attached hydrogens (primary N) is 3. The van der Waals surface area contributed by atoms with Crippen LogP contribution in [-0.2, 0) is 18.9 Å². The summed E-state index contributed by atoms with van der Waals surface area (Å²) >= 11 is 0. The van der Waals surface area contributed by atoms with E-state index in [-0.39, 0.29) is 19.4 Å². The van der Waals surface area contributed by atoms with E-state index in [2.05, 4.69) is 0 Å². The Hall–Kier alpha value is -0.560. The predicted molar refractivity (Wildman–Crippen MR) is 109 cm³/mol. The van der Waals surface area contributed by atoms with Gasteiger partial charge in [-0.25, -0.2) is 0 Å². The van der Waals surface area contributed by atoms with Crippen molar-refractivity contribution in [1.29, 1.82) is 0 Å². The first-order valence-corrected chi connectivity index (χ1v) is 11.1. The smallest absolute Gasteiger partial charge is 0.176 e. The van der Waals surface area contributed by atoms with Gasteiger partial charge in [-0.05, 0) is 12.8 Å². The first kappa shape index (κ1) is 27.0. The van der Waals surface area contributed by atoms with Crippen molar-refractivity contribution in [3.05, 3.63) is 0 Å². The topological polar surface area (TPSA) is 257 Å². The van der Waals surface area contributed by atoms with E-state index in [0.717, 1.165) is 0 Å².